The van der Waals surface area contributed by atoms with Crippen molar-refractivity contribution in [2.75, 3.05) is 0 Å². The summed E-state index contributed by atoms with van der Waals surface area (Å²) in [4.78, 5) is 13.8. The second kappa shape index (κ2) is 7.81. The Labute approximate surface area is 183 Å². The molecule has 0 atom stereocenters. The lowest BCUT2D eigenvalue weighted by Crippen LogP contribution is -2.38. The quantitative estimate of drug-likeness (QED) is 0.311. The molecule has 7 nitrogen and oxygen atoms in total. The van der Waals surface area contributed by atoms with Gasteiger partial charge in [0.15, 0.2) is 0 Å². The van der Waals surface area contributed by atoms with Crippen molar-refractivity contribution in [2.24, 2.45) is 0 Å². The molecule has 0 spiro atoms. The third-order valence-electron chi connectivity index (χ3n) is 5.65. The molecule has 0 aliphatic carbocycles. The lowest BCUT2D eigenvalue weighted by molar-refractivity contribution is 0.424. The highest BCUT2D eigenvalue weighted by Crippen LogP contribution is 2.22. The van der Waals surface area contributed by atoms with Gasteiger partial charge in [-0.25, -0.2) is 4.79 Å². The van der Waals surface area contributed by atoms with Crippen LogP contribution in [0.3, 0.4) is 0 Å². The highest BCUT2D eigenvalue weighted by molar-refractivity contribution is 6.63. The molecular formula is C23H18B2N2O5. The molecule has 0 bridgehead atoms. The van der Waals surface area contributed by atoms with Crippen LogP contribution < -0.4 is 16.6 Å². The molecule has 32 heavy (non-hydrogen) atoms. The van der Waals surface area contributed by atoms with E-state index in [1.807, 2.05) is 18.2 Å². The Kier molecular flexibility index (Phi) is 4.96. The Morgan fingerprint density at radius 2 is 1.19 bits per heavy atom. The zero-order valence-electron chi connectivity index (χ0n) is 16.8. The summed E-state index contributed by atoms with van der Waals surface area (Å²) in [7, 11) is -3.58. The highest BCUT2D eigenvalue weighted by atomic mass is 16.4. The predicted octanol–water partition coefficient (Wildman–Crippen LogP) is 0.294. The largest absolute Gasteiger partial charge is 0.491 e. The molecule has 0 aliphatic heterocycles. The summed E-state index contributed by atoms with van der Waals surface area (Å²) < 4.78 is 2.81. The molecule has 1 heterocycles. The molecule has 4 aromatic carbocycles. The van der Waals surface area contributed by atoms with Crippen molar-refractivity contribution in [1.29, 1.82) is 0 Å². The van der Waals surface area contributed by atoms with Gasteiger partial charge in [-0.2, -0.15) is 0 Å². The van der Waals surface area contributed by atoms with E-state index in [9.17, 15) is 24.9 Å². The Bertz CT molecular complexity index is 1520. The number of imidazole rings is 1. The second-order valence-electron chi connectivity index (χ2n) is 7.47. The second-order valence-corrected chi connectivity index (χ2v) is 7.47. The van der Waals surface area contributed by atoms with Crippen molar-refractivity contribution in [1.82, 2.24) is 9.13 Å². The minimum absolute atomic E-state index is 0.179. The van der Waals surface area contributed by atoms with Crippen LogP contribution in [0.2, 0.25) is 0 Å². The first kappa shape index (κ1) is 20.3. The van der Waals surface area contributed by atoms with E-state index in [1.54, 1.807) is 60.7 Å². The molecular weight excluding hydrogens is 406 g/mol. The fraction of sp³-hybridized carbons (Fsp3) is 0. The van der Waals surface area contributed by atoms with Crippen molar-refractivity contribution >= 4 is 47.0 Å². The average Bonchev–Trinajstić information content (AvgIpc) is 3.09. The lowest BCUT2D eigenvalue weighted by Gasteiger charge is -2.13. The van der Waals surface area contributed by atoms with Gasteiger partial charge in [0.25, 0.3) is 0 Å². The number of aromatic nitrogens is 2. The fourth-order valence-electron chi connectivity index (χ4n) is 4.27. The van der Waals surface area contributed by atoms with E-state index in [1.165, 1.54) is 15.2 Å². The minimum atomic E-state index is -1.81. The van der Waals surface area contributed by atoms with Crippen LogP contribution in [0.15, 0.2) is 89.7 Å². The van der Waals surface area contributed by atoms with E-state index in [-0.39, 0.29) is 10.9 Å². The summed E-state index contributed by atoms with van der Waals surface area (Å²) in [5, 5.41) is 41.6. The van der Waals surface area contributed by atoms with Crippen LogP contribution in [-0.4, -0.2) is 43.5 Å². The third kappa shape index (κ3) is 3.07. The molecule has 0 fully saturated rings. The standard InChI is InChI=1S/C23H18B2N2O5/c28-23-26(18-10-4-3-9-17(18)24(29)30)19-11-5-6-12-20(19)27(23)21-14-13-15-7-1-2-8-16(15)22(21)25(31)32/h1-14,29-32H. The summed E-state index contributed by atoms with van der Waals surface area (Å²) in [6.45, 7) is 0. The van der Waals surface area contributed by atoms with Gasteiger partial charge in [0, 0.05) is 10.9 Å². The minimum Gasteiger partial charge on any atom is -0.423 e. The highest BCUT2D eigenvalue weighted by Gasteiger charge is 2.26. The van der Waals surface area contributed by atoms with Gasteiger partial charge in [-0.15, -0.1) is 0 Å². The molecule has 0 amide bonds. The SMILES string of the molecule is O=c1n(-c2ccccc2B(O)O)c2ccccc2n1-c1ccc2ccccc2c1B(O)O. The molecule has 0 unspecified atom stereocenters. The summed E-state index contributed by atoms with van der Waals surface area (Å²) in [5.41, 5.74) is 1.66. The molecule has 9 heteroatoms. The van der Waals surface area contributed by atoms with Crippen LogP contribution in [0.25, 0.3) is 33.2 Å². The van der Waals surface area contributed by atoms with Gasteiger partial charge in [-0.1, -0.05) is 60.7 Å². The predicted molar refractivity (Wildman–Crippen MR) is 126 cm³/mol. The third-order valence-corrected chi connectivity index (χ3v) is 5.65. The van der Waals surface area contributed by atoms with E-state index >= 15 is 0 Å². The van der Waals surface area contributed by atoms with Crippen LogP contribution in [0, 0.1) is 0 Å². The smallest absolute Gasteiger partial charge is 0.423 e. The first-order chi connectivity index (χ1) is 15.5. The maximum Gasteiger partial charge on any atom is 0.491 e. The average molecular weight is 424 g/mol. The van der Waals surface area contributed by atoms with Gasteiger partial charge in [0.2, 0.25) is 0 Å². The number of rotatable bonds is 4. The van der Waals surface area contributed by atoms with E-state index in [4.69, 9.17) is 0 Å². The van der Waals surface area contributed by atoms with E-state index < -0.39 is 19.9 Å². The number of nitrogens with zero attached hydrogens (tertiary/aromatic N) is 2. The van der Waals surface area contributed by atoms with Crippen LogP contribution in [-0.2, 0) is 0 Å². The number of hydrogen-bond donors (Lipinski definition) is 4. The lowest BCUT2D eigenvalue weighted by atomic mass is 9.75. The fourth-order valence-corrected chi connectivity index (χ4v) is 4.27. The molecule has 0 saturated heterocycles. The van der Waals surface area contributed by atoms with Crippen molar-refractivity contribution in [3.63, 3.8) is 0 Å². The van der Waals surface area contributed by atoms with Gasteiger partial charge >= 0.3 is 19.9 Å². The molecule has 4 N–H and O–H groups in total. The molecule has 5 rings (SSSR count). The zero-order chi connectivity index (χ0) is 22.4. The monoisotopic (exact) mass is 424 g/mol. The maximum absolute atomic E-state index is 13.8. The Morgan fingerprint density at radius 1 is 0.594 bits per heavy atom. The van der Waals surface area contributed by atoms with Crippen LogP contribution in [0.5, 0.6) is 0 Å². The Hall–Kier alpha value is -3.62. The summed E-state index contributed by atoms with van der Waals surface area (Å²) in [6, 6.07) is 24.4. The van der Waals surface area contributed by atoms with E-state index in [0.717, 1.165) is 5.39 Å². The normalized spacial score (nSPS) is 11.2. The first-order valence-corrected chi connectivity index (χ1v) is 10.0. The summed E-state index contributed by atoms with van der Waals surface area (Å²) in [6.07, 6.45) is 0. The van der Waals surface area contributed by atoms with Crippen molar-refractivity contribution < 1.29 is 20.1 Å². The molecule has 0 radical (unpaired) electrons. The molecule has 1 aromatic heterocycles. The number of fused-ring (bicyclic) bond motifs is 2. The molecule has 156 valence electrons. The molecule has 0 saturated carbocycles. The summed E-state index contributed by atoms with van der Waals surface area (Å²) in [5.74, 6) is 0. The maximum atomic E-state index is 13.8. The number of benzene rings is 4. The van der Waals surface area contributed by atoms with Crippen LogP contribution in [0.1, 0.15) is 0 Å². The Morgan fingerprint density at radius 3 is 1.88 bits per heavy atom. The topological polar surface area (TPSA) is 108 Å². The van der Waals surface area contributed by atoms with Gasteiger partial charge < -0.3 is 20.1 Å². The van der Waals surface area contributed by atoms with Gasteiger partial charge in [-0.05, 0) is 35.0 Å². The van der Waals surface area contributed by atoms with E-state index in [0.29, 0.717) is 27.8 Å². The van der Waals surface area contributed by atoms with Crippen LogP contribution >= 0.6 is 0 Å². The van der Waals surface area contributed by atoms with E-state index in [2.05, 4.69) is 0 Å². The Balaban J connectivity index is 1.91. The number of para-hydroxylation sites is 3. The first-order valence-electron chi connectivity index (χ1n) is 10.0. The zero-order valence-corrected chi connectivity index (χ0v) is 16.8. The van der Waals surface area contributed by atoms with Gasteiger partial charge in [0.05, 0.1) is 22.4 Å². The van der Waals surface area contributed by atoms with Crippen molar-refractivity contribution in [3.8, 4) is 11.4 Å². The van der Waals surface area contributed by atoms with Crippen molar-refractivity contribution in [3.05, 3.63) is 95.4 Å². The van der Waals surface area contributed by atoms with Crippen molar-refractivity contribution in [2.45, 2.75) is 0 Å². The van der Waals surface area contributed by atoms with Crippen LogP contribution in [0.4, 0.5) is 0 Å². The molecule has 5 aromatic rings. The van der Waals surface area contributed by atoms with Gasteiger partial charge in [0.1, 0.15) is 0 Å². The van der Waals surface area contributed by atoms with Gasteiger partial charge in [-0.3, -0.25) is 9.13 Å². The molecule has 0 aliphatic rings. The number of hydrogen-bond acceptors (Lipinski definition) is 5. The summed E-state index contributed by atoms with van der Waals surface area (Å²) >= 11 is 0.